The van der Waals surface area contributed by atoms with Crippen LogP contribution in [-0.4, -0.2) is 32.6 Å². The second-order valence-corrected chi connectivity index (χ2v) is 5.13. The number of sulfonamides is 1. The van der Waals surface area contributed by atoms with Gasteiger partial charge < -0.3 is 10.8 Å². The summed E-state index contributed by atoms with van der Waals surface area (Å²) in [6.07, 6.45) is 0. The van der Waals surface area contributed by atoms with E-state index in [9.17, 15) is 17.6 Å². The molecule has 0 bridgehead atoms. The number of benzene rings is 1. The summed E-state index contributed by atoms with van der Waals surface area (Å²) in [6.45, 7) is -1.00. The Morgan fingerprint density at radius 1 is 1.47 bits per heavy atom. The van der Waals surface area contributed by atoms with E-state index in [0.717, 1.165) is 12.1 Å². The third kappa shape index (κ3) is 4.33. The number of amides is 1. The first-order valence-electron chi connectivity index (χ1n) is 5.04. The fraction of sp³-hybridized carbons (Fsp3) is 0.182. The van der Waals surface area contributed by atoms with E-state index < -0.39 is 33.2 Å². The van der Waals surface area contributed by atoms with Gasteiger partial charge >= 0.3 is 0 Å². The molecule has 0 fully saturated rings. The van der Waals surface area contributed by atoms with Gasteiger partial charge in [-0.3, -0.25) is 4.79 Å². The minimum absolute atomic E-state index is 0.223. The van der Waals surface area contributed by atoms with E-state index in [4.69, 9.17) is 10.8 Å². The van der Waals surface area contributed by atoms with Crippen molar-refractivity contribution < 1.29 is 22.7 Å². The number of carbonyl (C=O) groups excluding carboxylic acids is 1. The van der Waals surface area contributed by atoms with E-state index in [0.29, 0.717) is 0 Å². The second kappa shape index (κ2) is 6.29. The zero-order chi connectivity index (χ0) is 14.5. The van der Waals surface area contributed by atoms with Crippen LogP contribution in [0.15, 0.2) is 23.1 Å². The van der Waals surface area contributed by atoms with Crippen LogP contribution in [0.2, 0.25) is 0 Å². The Morgan fingerprint density at radius 2 is 2.16 bits per heavy atom. The maximum absolute atomic E-state index is 13.6. The summed E-state index contributed by atoms with van der Waals surface area (Å²) >= 11 is 0. The molecule has 1 amide bonds. The van der Waals surface area contributed by atoms with E-state index in [2.05, 4.69) is 11.8 Å². The van der Waals surface area contributed by atoms with Gasteiger partial charge in [-0.15, -0.1) is 0 Å². The lowest BCUT2D eigenvalue weighted by Gasteiger charge is -2.06. The van der Waals surface area contributed by atoms with E-state index >= 15 is 0 Å². The Kier molecular flexibility index (Phi) is 5.00. The molecule has 0 aliphatic carbocycles. The molecule has 0 unspecified atom stereocenters. The third-order valence-corrected chi connectivity index (χ3v) is 3.40. The van der Waals surface area contributed by atoms with E-state index in [-0.39, 0.29) is 12.2 Å². The molecule has 1 aromatic carbocycles. The normalized spacial score (nSPS) is 10.6. The highest BCUT2D eigenvalue weighted by atomic mass is 32.2. The van der Waals surface area contributed by atoms with Crippen LogP contribution in [0.3, 0.4) is 0 Å². The van der Waals surface area contributed by atoms with Gasteiger partial charge in [-0.05, 0) is 18.2 Å². The summed E-state index contributed by atoms with van der Waals surface area (Å²) in [7, 11) is -4.15. The number of hydrogen-bond acceptors (Lipinski definition) is 4. The number of primary amides is 1. The molecule has 102 valence electrons. The van der Waals surface area contributed by atoms with Crippen LogP contribution in [0.1, 0.15) is 5.56 Å². The van der Waals surface area contributed by atoms with E-state index in [1.165, 1.54) is 6.07 Å². The Balaban J connectivity index is 3.05. The number of halogens is 1. The van der Waals surface area contributed by atoms with Crippen molar-refractivity contribution in [3.63, 3.8) is 0 Å². The van der Waals surface area contributed by atoms with Crippen LogP contribution in [0, 0.1) is 17.7 Å². The van der Waals surface area contributed by atoms with Gasteiger partial charge in [0.05, 0.1) is 6.54 Å². The van der Waals surface area contributed by atoms with Crippen molar-refractivity contribution in [3.05, 3.63) is 29.6 Å². The Labute approximate surface area is 109 Å². The fourth-order valence-electron chi connectivity index (χ4n) is 1.18. The van der Waals surface area contributed by atoms with Gasteiger partial charge in [0, 0.05) is 5.56 Å². The standard InChI is InChI=1S/C11H11FN2O4S/c12-9-6-8(2-1-5-15)3-4-10(9)19(17,18)14-7-11(13)16/h3-4,6,14-15H,5,7H2,(H2,13,16). The van der Waals surface area contributed by atoms with Gasteiger partial charge in [-0.25, -0.2) is 17.5 Å². The summed E-state index contributed by atoms with van der Waals surface area (Å²) in [5.41, 5.74) is 5.02. The van der Waals surface area contributed by atoms with Crippen LogP contribution >= 0.6 is 0 Å². The van der Waals surface area contributed by atoms with E-state index in [1.54, 1.807) is 0 Å². The molecule has 0 spiro atoms. The van der Waals surface area contributed by atoms with Gasteiger partial charge in [0.1, 0.15) is 17.3 Å². The van der Waals surface area contributed by atoms with E-state index in [1.807, 2.05) is 4.72 Å². The number of hydrogen-bond donors (Lipinski definition) is 3. The molecule has 6 nitrogen and oxygen atoms in total. The average Bonchev–Trinajstić information content (AvgIpc) is 2.34. The number of aliphatic hydroxyl groups excluding tert-OH is 1. The number of rotatable bonds is 4. The quantitative estimate of drug-likeness (QED) is 0.612. The summed E-state index contributed by atoms with van der Waals surface area (Å²) in [5, 5.41) is 8.49. The molecule has 0 aliphatic rings. The number of nitrogens with one attached hydrogen (secondary N) is 1. The summed E-state index contributed by atoms with van der Waals surface area (Å²) in [6, 6.07) is 3.21. The molecular formula is C11H11FN2O4S. The second-order valence-electron chi connectivity index (χ2n) is 3.40. The molecule has 19 heavy (non-hydrogen) atoms. The fourth-order valence-corrected chi connectivity index (χ4v) is 2.23. The minimum atomic E-state index is -4.15. The first-order chi connectivity index (χ1) is 8.86. The van der Waals surface area contributed by atoms with Crippen molar-refractivity contribution in [2.45, 2.75) is 4.90 Å². The molecule has 1 rings (SSSR count). The van der Waals surface area contributed by atoms with Gasteiger partial charge in [0.15, 0.2) is 0 Å². The SMILES string of the molecule is NC(=O)CNS(=O)(=O)c1ccc(C#CCO)cc1F. The molecule has 0 atom stereocenters. The first-order valence-corrected chi connectivity index (χ1v) is 6.52. The van der Waals surface area contributed by atoms with Crippen LogP contribution in [0.4, 0.5) is 4.39 Å². The maximum atomic E-state index is 13.6. The number of nitrogens with two attached hydrogens (primary N) is 1. The number of aliphatic hydroxyl groups is 1. The molecule has 0 aromatic heterocycles. The van der Waals surface area contributed by atoms with Crippen LogP contribution in [0.25, 0.3) is 0 Å². The highest BCUT2D eigenvalue weighted by molar-refractivity contribution is 7.89. The van der Waals surface area contributed by atoms with Crippen molar-refractivity contribution in [2.24, 2.45) is 5.73 Å². The van der Waals surface area contributed by atoms with Gasteiger partial charge in [0.25, 0.3) is 0 Å². The summed E-state index contributed by atoms with van der Waals surface area (Å²) in [5.74, 6) is 2.84. The van der Waals surface area contributed by atoms with Crippen molar-refractivity contribution in [2.75, 3.05) is 13.2 Å². The molecule has 8 heteroatoms. The van der Waals surface area contributed by atoms with Crippen LogP contribution < -0.4 is 10.5 Å². The molecule has 0 heterocycles. The van der Waals surface area contributed by atoms with Crippen LogP contribution in [-0.2, 0) is 14.8 Å². The summed E-state index contributed by atoms with van der Waals surface area (Å²) < 4.78 is 38.8. The lowest BCUT2D eigenvalue weighted by atomic mass is 10.2. The smallest absolute Gasteiger partial charge is 0.243 e. The van der Waals surface area contributed by atoms with Crippen molar-refractivity contribution in [3.8, 4) is 11.8 Å². The largest absolute Gasteiger partial charge is 0.384 e. The lowest BCUT2D eigenvalue weighted by Crippen LogP contribution is -2.33. The van der Waals surface area contributed by atoms with Crippen molar-refractivity contribution >= 4 is 15.9 Å². The molecule has 0 aliphatic heterocycles. The number of carbonyl (C=O) groups is 1. The predicted molar refractivity (Wildman–Crippen MR) is 64.7 cm³/mol. The predicted octanol–water partition coefficient (Wildman–Crippen LogP) is -1.07. The highest BCUT2D eigenvalue weighted by Crippen LogP contribution is 2.15. The Bertz CT molecular complexity index is 646. The highest BCUT2D eigenvalue weighted by Gasteiger charge is 2.19. The van der Waals surface area contributed by atoms with Gasteiger partial charge in [-0.1, -0.05) is 11.8 Å². The van der Waals surface area contributed by atoms with Crippen molar-refractivity contribution in [1.29, 1.82) is 0 Å². The molecule has 4 N–H and O–H groups in total. The Morgan fingerprint density at radius 3 is 2.68 bits per heavy atom. The van der Waals surface area contributed by atoms with Gasteiger partial charge in [-0.2, -0.15) is 0 Å². The third-order valence-electron chi connectivity index (χ3n) is 1.97. The Hall–Kier alpha value is -1.95. The molecule has 1 aromatic rings. The van der Waals surface area contributed by atoms with Crippen LogP contribution in [0.5, 0.6) is 0 Å². The summed E-state index contributed by atoms with van der Waals surface area (Å²) in [4.78, 5) is 9.89. The minimum Gasteiger partial charge on any atom is -0.384 e. The topological polar surface area (TPSA) is 109 Å². The molecule has 0 saturated heterocycles. The molecular weight excluding hydrogens is 275 g/mol. The lowest BCUT2D eigenvalue weighted by molar-refractivity contribution is -0.116. The maximum Gasteiger partial charge on any atom is 0.243 e. The monoisotopic (exact) mass is 286 g/mol. The average molecular weight is 286 g/mol. The van der Waals surface area contributed by atoms with Gasteiger partial charge in [0.2, 0.25) is 15.9 Å². The first kappa shape index (κ1) is 15.1. The molecule has 0 saturated carbocycles. The van der Waals surface area contributed by atoms with Crippen molar-refractivity contribution in [1.82, 2.24) is 4.72 Å². The molecule has 0 radical (unpaired) electrons. The zero-order valence-electron chi connectivity index (χ0n) is 9.68. The zero-order valence-corrected chi connectivity index (χ0v) is 10.5.